The second-order valence-electron chi connectivity index (χ2n) is 5.66. The number of benzene rings is 2. The van der Waals surface area contributed by atoms with Gasteiger partial charge in [-0.3, -0.25) is 9.78 Å². The summed E-state index contributed by atoms with van der Waals surface area (Å²) in [5.41, 5.74) is 2.81. The quantitative estimate of drug-likeness (QED) is 0.724. The van der Waals surface area contributed by atoms with Crippen LogP contribution in [0, 0.1) is 5.82 Å². The third kappa shape index (κ3) is 4.20. The van der Waals surface area contributed by atoms with E-state index in [-0.39, 0.29) is 17.8 Å². The molecule has 0 saturated heterocycles. The van der Waals surface area contributed by atoms with Crippen LogP contribution in [0.5, 0.6) is 0 Å². The molecule has 0 saturated carbocycles. The molecule has 0 fully saturated rings. The first-order valence-electron chi connectivity index (χ1n) is 7.96. The lowest BCUT2D eigenvalue weighted by Crippen LogP contribution is -2.27. The number of hydrogen-bond donors (Lipinski definition) is 2. The number of hydrogen-bond acceptors (Lipinski definition) is 3. The van der Waals surface area contributed by atoms with Crippen LogP contribution >= 0.6 is 0 Å². The van der Waals surface area contributed by atoms with E-state index in [9.17, 15) is 9.18 Å². The molecule has 0 spiro atoms. The molecule has 0 aliphatic heterocycles. The highest BCUT2D eigenvalue weighted by Gasteiger charge is 2.15. The molecule has 0 bridgehead atoms. The molecule has 25 heavy (non-hydrogen) atoms. The largest absolute Gasteiger partial charge is 0.355 e. The van der Waals surface area contributed by atoms with Crippen LogP contribution < -0.4 is 10.6 Å². The Morgan fingerprint density at radius 3 is 2.52 bits per heavy atom. The van der Waals surface area contributed by atoms with Crippen LogP contribution in [-0.2, 0) is 0 Å². The lowest BCUT2D eigenvalue weighted by atomic mass is 10.1. The maximum Gasteiger partial charge on any atom is 0.253 e. The van der Waals surface area contributed by atoms with Crippen molar-refractivity contribution in [3.8, 4) is 0 Å². The van der Waals surface area contributed by atoms with E-state index in [0.29, 0.717) is 16.9 Å². The molecule has 1 aromatic heterocycles. The minimum Gasteiger partial charge on any atom is -0.355 e. The zero-order chi connectivity index (χ0) is 17.6. The molecular formula is C20H18FN3O. The van der Waals surface area contributed by atoms with Crippen LogP contribution in [0.15, 0.2) is 73.1 Å². The van der Waals surface area contributed by atoms with E-state index in [2.05, 4.69) is 15.6 Å². The topological polar surface area (TPSA) is 54.0 Å². The van der Waals surface area contributed by atoms with Crippen molar-refractivity contribution in [2.75, 3.05) is 5.32 Å². The van der Waals surface area contributed by atoms with Gasteiger partial charge < -0.3 is 10.6 Å². The molecule has 126 valence electrons. The van der Waals surface area contributed by atoms with E-state index in [1.165, 1.54) is 12.1 Å². The van der Waals surface area contributed by atoms with E-state index in [1.54, 1.807) is 36.7 Å². The fourth-order valence-corrected chi connectivity index (χ4v) is 2.47. The summed E-state index contributed by atoms with van der Waals surface area (Å²) in [6, 6.07) is 16.8. The third-order valence-corrected chi connectivity index (χ3v) is 3.83. The summed E-state index contributed by atoms with van der Waals surface area (Å²) in [7, 11) is 0. The van der Waals surface area contributed by atoms with E-state index >= 15 is 0 Å². The molecule has 1 amide bonds. The lowest BCUT2D eigenvalue weighted by molar-refractivity contribution is 0.0940. The Labute approximate surface area is 145 Å². The van der Waals surface area contributed by atoms with Gasteiger partial charge in [-0.2, -0.15) is 0 Å². The van der Waals surface area contributed by atoms with Crippen LogP contribution in [0.2, 0.25) is 0 Å². The van der Waals surface area contributed by atoms with Crippen molar-refractivity contribution < 1.29 is 9.18 Å². The number of anilines is 2. The van der Waals surface area contributed by atoms with Gasteiger partial charge in [-0.1, -0.05) is 18.2 Å². The SMILES string of the molecule is C[C@@H](NC(=O)c1ccccc1Nc1ccc(F)cc1)c1cccnc1. The number of rotatable bonds is 5. The van der Waals surface area contributed by atoms with Gasteiger partial charge in [-0.05, 0) is 55.0 Å². The summed E-state index contributed by atoms with van der Waals surface area (Å²) >= 11 is 0. The number of nitrogens with zero attached hydrogens (tertiary/aromatic N) is 1. The van der Waals surface area contributed by atoms with E-state index in [1.807, 2.05) is 31.2 Å². The summed E-state index contributed by atoms with van der Waals surface area (Å²) < 4.78 is 13.0. The lowest BCUT2D eigenvalue weighted by Gasteiger charge is -2.16. The van der Waals surface area contributed by atoms with Gasteiger partial charge in [0, 0.05) is 18.1 Å². The second-order valence-corrected chi connectivity index (χ2v) is 5.66. The zero-order valence-corrected chi connectivity index (χ0v) is 13.7. The highest BCUT2D eigenvalue weighted by Crippen LogP contribution is 2.22. The molecule has 5 heteroatoms. The summed E-state index contributed by atoms with van der Waals surface area (Å²) in [6.45, 7) is 1.91. The number of pyridine rings is 1. The Hall–Kier alpha value is -3.21. The van der Waals surface area contributed by atoms with Gasteiger partial charge in [0.25, 0.3) is 5.91 Å². The molecule has 3 rings (SSSR count). The van der Waals surface area contributed by atoms with E-state index in [0.717, 1.165) is 5.56 Å². The summed E-state index contributed by atoms with van der Waals surface area (Å²) in [4.78, 5) is 16.7. The van der Waals surface area contributed by atoms with Gasteiger partial charge in [0.1, 0.15) is 5.82 Å². The minimum absolute atomic E-state index is 0.167. The Balaban J connectivity index is 1.77. The molecule has 0 aliphatic rings. The molecule has 0 unspecified atom stereocenters. The van der Waals surface area contributed by atoms with Gasteiger partial charge in [-0.15, -0.1) is 0 Å². The minimum atomic E-state index is -0.304. The third-order valence-electron chi connectivity index (χ3n) is 3.83. The Bertz CT molecular complexity index is 850. The molecule has 4 nitrogen and oxygen atoms in total. The average Bonchev–Trinajstić information content (AvgIpc) is 2.64. The summed E-state index contributed by atoms with van der Waals surface area (Å²) in [5, 5.41) is 6.12. The van der Waals surface area contributed by atoms with Crippen molar-refractivity contribution in [1.82, 2.24) is 10.3 Å². The Morgan fingerprint density at radius 1 is 1.04 bits per heavy atom. The van der Waals surface area contributed by atoms with Crippen LogP contribution in [0.3, 0.4) is 0 Å². The van der Waals surface area contributed by atoms with E-state index in [4.69, 9.17) is 0 Å². The van der Waals surface area contributed by atoms with Gasteiger partial charge in [0.15, 0.2) is 0 Å². The second kappa shape index (κ2) is 7.57. The van der Waals surface area contributed by atoms with Crippen molar-refractivity contribution in [3.63, 3.8) is 0 Å². The smallest absolute Gasteiger partial charge is 0.253 e. The predicted molar refractivity (Wildman–Crippen MR) is 96.2 cm³/mol. The molecule has 0 aliphatic carbocycles. The summed E-state index contributed by atoms with van der Waals surface area (Å²) in [5.74, 6) is -0.497. The molecular weight excluding hydrogens is 317 g/mol. The molecule has 1 atom stereocenters. The number of amides is 1. The van der Waals surface area contributed by atoms with Crippen molar-refractivity contribution in [1.29, 1.82) is 0 Å². The molecule has 2 N–H and O–H groups in total. The number of para-hydroxylation sites is 1. The highest BCUT2D eigenvalue weighted by atomic mass is 19.1. The van der Waals surface area contributed by atoms with Crippen molar-refractivity contribution in [3.05, 3.63) is 90.0 Å². The first-order chi connectivity index (χ1) is 12.1. The fraction of sp³-hybridized carbons (Fsp3) is 0.100. The molecule has 1 heterocycles. The maximum absolute atomic E-state index is 13.0. The molecule has 0 radical (unpaired) electrons. The molecule has 2 aromatic carbocycles. The number of aromatic nitrogens is 1. The average molecular weight is 335 g/mol. The van der Waals surface area contributed by atoms with Crippen molar-refractivity contribution in [2.45, 2.75) is 13.0 Å². The number of carbonyl (C=O) groups is 1. The van der Waals surface area contributed by atoms with Gasteiger partial charge >= 0.3 is 0 Å². The number of nitrogens with one attached hydrogen (secondary N) is 2. The van der Waals surface area contributed by atoms with Gasteiger partial charge in [-0.25, -0.2) is 4.39 Å². The first kappa shape index (κ1) is 16.6. The maximum atomic E-state index is 13.0. The monoisotopic (exact) mass is 335 g/mol. The van der Waals surface area contributed by atoms with E-state index < -0.39 is 0 Å². The Morgan fingerprint density at radius 2 is 1.80 bits per heavy atom. The zero-order valence-electron chi connectivity index (χ0n) is 13.7. The summed E-state index contributed by atoms with van der Waals surface area (Å²) in [6.07, 6.45) is 3.42. The molecule has 3 aromatic rings. The number of halogens is 1. The van der Waals surface area contributed by atoms with Crippen LogP contribution in [0.25, 0.3) is 0 Å². The Kier molecular flexibility index (Phi) is 5.04. The van der Waals surface area contributed by atoms with Crippen LogP contribution in [0.4, 0.5) is 15.8 Å². The predicted octanol–water partition coefficient (Wildman–Crippen LogP) is 4.46. The van der Waals surface area contributed by atoms with Gasteiger partial charge in [0.2, 0.25) is 0 Å². The fourth-order valence-electron chi connectivity index (χ4n) is 2.47. The standard InChI is InChI=1S/C20H18FN3O/c1-14(15-5-4-12-22-13-15)23-20(25)18-6-2-3-7-19(18)24-17-10-8-16(21)9-11-17/h2-14,24H,1H3,(H,23,25)/t14-/m1/s1. The number of carbonyl (C=O) groups excluding carboxylic acids is 1. The van der Waals surface area contributed by atoms with Crippen molar-refractivity contribution >= 4 is 17.3 Å². The van der Waals surface area contributed by atoms with Crippen LogP contribution in [-0.4, -0.2) is 10.9 Å². The highest BCUT2D eigenvalue weighted by molar-refractivity contribution is 6.00. The van der Waals surface area contributed by atoms with Gasteiger partial charge in [0.05, 0.1) is 17.3 Å². The van der Waals surface area contributed by atoms with Crippen LogP contribution in [0.1, 0.15) is 28.9 Å². The van der Waals surface area contributed by atoms with Crippen molar-refractivity contribution in [2.24, 2.45) is 0 Å². The first-order valence-corrected chi connectivity index (χ1v) is 7.96. The normalized spacial score (nSPS) is 11.6.